The van der Waals surface area contributed by atoms with Crippen LogP contribution in [0.15, 0.2) is 53.0 Å². The lowest BCUT2D eigenvalue weighted by molar-refractivity contribution is 0.521. The maximum atomic E-state index is 3.60. The zero-order valence-electron chi connectivity index (χ0n) is 11.6. The van der Waals surface area contributed by atoms with E-state index in [0.29, 0.717) is 6.04 Å². The van der Waals surface area contributed by atoms with Gasteiger partial charge in [-0.15, -0.1) is 0 Å². The highest BCUT2D eigenvalue weighted by Crippen LogP contribution is 2.15. The maximum Gasteiger partial charge on any atom is 0.0178 e. The molecular formula is C17H19BrIN. The van der Waals surface area contributed by atoms with Crippen LogP contribution in [0, 0.1) is 3.57 Å². The Morgan fingerprint density at radius 2 is 1.75 bits per heavy atom. The molecule has 0 fully saturated rings. The van der Waals surface area contributed by atoms with Gasteiger partial charge in [-0.2, -0.15) is 0 Å². The van der Waals surface area contributed by atoms with Crippen molar-refractivity contribution in [2.75, 3.05) is 6.54 Å². The lowest BCUT2D eigenvalue weighted by Gasteiger charge is -2.18. The molecule has 0 aliphatic carbocycles. The third-order valence-electron chi connectivity index (χ3n) is 3.26. The van der Waals surface area contributed by atoms with Crippen LogP contribution in [0.25, 0.3) is 0 Å². The van der Waals surface area contributed by atoms with Gasteiger partial charge in [-0.1, -0.05) is 47.1 Å². The summed E-state index contributed by atoms with van der Waals surface area (Å²) >= 11 is 5.89. The molecule has 20 heavy (non-hydrogen) atoms. The Labute approximate surface area is 143 Å². The molecule has 0 heterocycles. The number of nitrogens with one attached hydrogen (secondary N) is 1. The predicted molar refractivity (Wildman–Crippen MR) is 98.2 cm³/mol. The SMILES string of the molecule is CCNC(Cc1ccc(I)cc1)Cc1cccc(Br)c1. The zero-order chi connectivity index (χ0) is 14.4. The van der Waals surface area contributed by atoms with E-state index in [-0.39, 0.29) is 0 Å². The van der Waals surface area contributed by atoms with Crippen molar-refractivity contribution in [3.63, 3.8) is 0 Å². The lowest BCUT2D eigenvalue weighted by atomic mass is 9.99. The zero-order valence-corrected chi connectivity index (χ0v) is 15.3. The van der Waals surface area contributed by atoms with Crippen molar-refractivity contribution < 1.29 is 0 Å². The van der Waals surface area contributed by atoms with Crippen molar-refractivity contribution >= 4 is 38.5 Å². The summed E-state index contributed by atoms with van der Waals surface area (Å²) in [5.41, 5.74) is 2.77. The molecule has 0 radical (unpaired) electrons. The minimum absolute atomic E-state index is 0.481. The van der Waals surface area contributed by atoms with Crippen LogP contribution in [0.3, 0.4) is 0 Å². The smallest absolute Gasteiger partial charge is 0.0178 e. The molecule has 0 saturated heterocycles. The molecule has 1 nitrogen and oxygen atoms in total. The summed E-state index contributed by atoms with van der Waals surface area (Å²) in [6.07, 6.45) is 2.12. The normalized spacial score (nSPS) is 12.3. The van der Waals surface area contributed by atoms with Crippen LogP contribution in [0.2, 0.25) is 0 Å². The molecule has 0 spiro atoms. The van der Waals surface area contributed by atoms with Gasteiger partial charge < -0.3 is 5.32 Å². The molecular weight excluding hydrogens is 425 g/mol. The average Bonchev–Trinajstić information content (AvgIpc) is 2.42. The number of rotatable bonds is 6. The Morgan fingerprint density at radius 3 is 2.40 bits per heavy atom. The Hall–Kier alpha value is -0.390. The first kappa shape index (κ1) is 16.0. The van der Waals surface area contributed by atoms with Crippen molar-refractivity contribution in [2.45, 2.75) is 25.8 Å². The van der Waals surface area contributed by atoms with Gasteiger partial charge in [0.05, 0.1) is 0 Å². The van der Waals surface area contributed by atoms with Crippen LogP contribution < -0.4 is 5.32 Å². The second-order valence-corrected chi connectivity index (χ2v) is 7.08. The highest BCUT2D eigenvalue weighted by molar-refractivity contribution is 14.1. The minimum atomic E-state index is 0.481. The van der Waals surface area contributed by atoms with E-state index in [1.54, 1.807) is 0 Å². The average molecular weight is 444 g/mol. The van der Waals surface area contributed by atoms with Crippen molar-refractivity contribution in [2.24, 2.45) is 0 Å². The summed E-state index contributed by atoms with van der Waals surface area (Å²) in [6, 6.07) is 17.9. The first-order valence-corrected chi connectivity index (χ1v) is 8.77. The van der Waals surface area contributed by atoms with Crippen LogP contribution in [-0.4, -0.2) is 12.6 Å². The van der Waals surface area contributed by atoms with E-state index in [1.165, 1.54) is 14.7 Å². The Morgan fingerprint density at radius 1 is 1.05 bits per heavy atom. The molecule has 3 heteroatoms. The fourth-order valence-electron chi connectivity index (χ4n) is 2.36. The summed E-state index contributed by atoms with van der Waals surface area (Å²) in [6.45, 7) is 3.17. The Balaban J connectivity index is 2.05. The summed E-state index contributed by atoms with van der Waals surface area (Å²) in [4.78, 5) is 0. The van der Waals surface area contributed by atoms with Gasteiger partial charge in [0.2, 0.25) is 0 Å². The van der Waals surface area contributed by atoms with Crippen molar-refractivity contribution in [3.05, 3.63) is 67.7 Å². The minimum Gasteiger partial charge on any atom is -0.314 e. The van der Waals surface area contributed by atoms with Crippen LogP contribution >= 0.6 is 38.5 Å². The highest BCUT2D eigenvalue weighted by atomic mass is 127. The van der Waals surface area contributed by atoms with Crippen molar-refractivity contribution in [3.8, 4) is 0 Å². The number of halogens is 2. The number of benzene rings is 2. The fraction of sp³-hybridized carbons (Fsp3) is 0.294. The van der Waals surface area contributed by atoms with Crippen molar-refractivity contribution in [1.29, 1.82) is 0 Å². The molecule has 0 aliphatic rings. The molecule has 0 bridgehead atoms. The van der Waals surface area contributed by atoms with E-state index in [2.05, 4.69) is 99.3 Å². The van der Waals surface area contributed by atoms with Gasteiger partial charge in [0.15, 0.2) is 0 Å². The van der Waals surface area contributed by atoms with Gasteiger partial charge in [0, 0.05) is 14.1 Å². The monoisotopic (exact) mass is 443 g/mol. The Bertz CT molecular complexity index is 539. The van der Waals surface area contributed by atoms with Gasteiger partial charge in [-0.05, 0) is 77.4 Å². The van der Waals surface area contributed by atoms with Crippen LogP contribution in [0.1, 0.15) is 18.1 Å². The number of likely N-dealkylation sites (N-methyl/N-ethyl adjacent to an activating group) is 1. The molecule has 2 aromatic rings. The number of hydrogen-bond donors (Lipinski definition) is 1. The highest BCUT2D eigenvalue weighted by Gasteiger charge is 2.09. The Kier molecular flexibility index (Phi) is 6.52. The summed E-state index contributed by atoms with van der Waals surface area (Å²) in [5.74, 6) is 0. The van der Waals surface area contributed by atoms with Gasteiger partial charge in [0.25, 0.3) is 0 Å². The first-order valence-electron chi connectivity index (χ1n) is 6.89. The molecule has 0 aliphatic heterocycles. The van der Waals surface area contributed by atoms with Gasteiger partial charge in [-0.25, -0.2) is 0 Å². The fourth-order valence-corrected chi connectivity index (χ4v) is 3.16. The molecule has 2 rings (SSSR count). The molecule has 0 amide bonds. The van der Waals surface area contributed by atoms with E-state index >= 15 is 0 Å². The van der Waals surface area contributed by atoms with E-state index in [0.717, 1.165) is 23.9 Å². The van der Waals surface area contributed by atoms with Gasteiger partial charge in [0.1, 0.15) is 0 Å². The molecule has 106 valence electrons. The quantitative estimate of drug-likeness (QED) is 0.631. The van der Waals surface area contributed by atoms with Crippen LogP contribution in [0.4, 0.5) is 0 Å². The number of hydrogen-bond acceptors (Lipinski definition) is 1. The third kappa shape index (κ3) is 5.19. The molecule has 2 aromatic carbocycles. The molecule has 0 saturated carbocycles. The van der Waals surface area contributed by atoms with Gasteiger partial charge in [-0.3, -0.25) is 0 Å². The van der Waals surface area contributed by atoms with E-state index < -0.39 is 0 Å². The second-order valence-electron chi connectivity index (χ2n) is 4.92. The molecule has 1 atom stereocenters. The topological polar surface area (TPSA) is 12.0 Å². The third-order valence-corrected chi connectivity index (χ3v) is 4.47. The molecule has 0 aromatic heterocycles. The summed E-state index contributed by atoms with van der Waals surface area (Å²) in [5, 5.41) is 3.60. The van der Waals surface area contributed by atoms with E-state index in [4.69, 9.17) is 0 Å². The first-order chi connectivity index (χ1) is 9.67. The van der Waals surface area contributed by atoms with Crippen molar-refractivity contribution in [1.82, 2.24) is 5.32 Å². The molecule has 1 N–H and O–H groups in total. The van der Waals surface area contributed by atoms with E-state index in [1.807, 2.05) is 0 Å². The lowest BCUT2D eigenvalue weighted by Crippen LogP contribution is -2.33. The maximum absolute atomic E-state index is 3.60. The van der Waals surface area contributed by atoms with Gasteiger partial charge >= 0.3 is 0 Å². The van der Waals surface area contributed by atoms with E-state index in [9.17, 15) is 0 Å². The predicted octanol–water partition coefficient (Wildman–Crippen LogP) is 4.82. The summed E-state index contributed by atoms with van der Waals surface area (Å²) in [7, 11) is 0. The standard InChI is InChI=1S/C17H19BrIN/c1-2-20-17(11-13-6-8-16(19)9-7-13)12-14-4-3-5-15(18)10-14/h3-10,17,20H,2,11-12H2,1H3. The van der Waals surface area contributed by atoms with Crippen LogP contribution in [0.5, 0.6) is 0 Å². The largest absolute Gasteiger partial charge is 0.314 e. The van der Waals surface area contributed by atoms with Crippen LogP contribution in [-0.2, 0) is 12.8 Å². The second kappa shape index (κ2) is 8.15. The molecule has 1 unspecified atom stereocenters. The summed E-state index contributed by atoms with van der Waals surface area (Å²) < 4.78 is 2.44.